The molecule has 0 fully saturated rings. The normalized spacial score (nSPS) is 11.0. The number of aliphatic hydroxyl groups is 1. The van der Waals surface area contributed by atoms with E-state index in [1.54, 1.807) is 13.2 Å². The van der Waals surface area contributed by atoms with Crippen LogP contribution >= 0.6 is 15.9 Å². The molecule has 21 heavy (non-hydrogen) atoms. The van der Waals surface area contributed by atoms with Gasteiger partial charge in [-0.25, -0.2) is 0 Å². The zero-order valence-corrected chi connectivity index (χ0v) is 13.9. The van der Waals surface area contributed by atoms with E-state index < -0.39 is 0 Å². The summed E-state index contributed by atoms with van der Waals surface area (Å²) >= 11 is 3.44. The summed E-state index contributed by atoms with van der Waals surface area (Å²) in [7, 11) is 1.57. The Morgan fingerprint density at radius 2 is 2.14 bits per heavy atom. The average molecular weight is 355 g/mol. The van der Waals surface area contributed by atoms with Gasteiger partial charge in [0.15, 0.2) is 11.5 Å². The van der Waals surface area contributed by atoms with Crippen LogP contribution < -0.4 is 9.47 Å². The number of halogens is 1. The molecule has 5 nitrogen and oxygen atoms in total. The molecular formula is C15H19BrN2O3. The van der Waals surface area contributed by atoms with Crippen LogP contribution in [0.15, 0.2) is 28.9 Å². The third kappa shape index (κ3) is 3.77. The van der Waals surface area contributed by atoms with E-state index in [1.165, 1.54) is 0 Å². The third-order valence-corrected chi connectivity index (χ3v) is 3.62. The second-order valence-corrected chi connectivity index (χ2v) is 5.79. The predicted molar refractivity (Wildman–Crippen MR) is 83.6 cm³/mol. The van der Waals surface area contributed by atoms with E-state index >= 15 is 0 Å². The molecule has 0 aliphatic carbocycles. The number of ether oxygens (including phenoxy) is 2. The van der Waals surface area contributed by atoms with Gasteiger partial charge in [-0.15, -0.1) is 0 Å². The Bertz CT molecular complexity index is 611. The minimum atomic E-state index is -0.0476. The van der Waals surface area contributed by atoms with Crippen molar-refractivity contribution in [2.45, 2.75) is 33.1 Å². The van der Waals surface area contributed by atoms with Crippen LogP contribution in [0, 0.1) is 0 Å². The summed E-state index contributed by atoms with van der Waals surface area (Å²) in [5.74, 6) is 1.19. The zero-order valence-electron chi connectivity index (χ0n) is 12.3. The third-order valence-electron chi connectivity index (χ3n) is 3.03. The van der Waals surface area contributed by atoms with E-state index in [2.05, 4.69) is 34.9 Å². The highest BCUT2D eigenvalue weighted by Gasteiger charge is 2.12. The molecular weight excluding hydrogens is 336 g/mol. The Hall–Kier alpha value is -1.53. The van der Waals surface area contributed by atoms with Crippen molar-refractivity contribution in [3.63, 3.8) is 0 Å². The second-order valence-electron chi connectivity index (χ2n) is 4.94. The molecule has 0 unspecified atom stereocenters. The Morgan fingerprint density at radius 3 is 2.71 bits per heavy atom. The summed E-state index contributed by atoms with van der Waals surface area (Å²) in [4.78, 5) is 0. The van der Waals surface area contributed by atoms with Gasteiger partial charge in [0, 0.05) is 12.2 Å². The number of benzene rings is 1. The fourth-order valence-corrected chi connectivity index (χ4v) is 2.50. The highest BCUT2D eigenvalue weighted by Crippen LogP contribution is 2.37. The molecule has 114 valence electrons. The minimum absolute atomic E-state index is 0.0476. The smallest absolute Gasteiger partial charge is 0.175 e. The van der Waals surface area contributed by atoms with Crippen molar-refractivity contribution in [3.8, 4) is 11.5 Å². The number of hydrogen-bond acceptors (Lipinski definition) is 4. The van der Waals surface area contributed by atoms with Gasteiger partial charge < -0.3 is 14.6 Å². The van der Waals surface area contributed by atoms with E-state index in [1.807, 2.05) is 23.0 Å². The van der Waals surface area contributed by atoms with Gasteiger partial charge in [-0.2, -0.15) is 5.10 Å². The van der Waals surface area contributed by atoms with E-state index in [9.17, 15) is 5.11 Å². The largest absolute Gasteiger partial charge is 0.493 e. The number of hydrogen-bond donors (Lipinski definition) is 1. The van der Waals surface area contributed by atoms with Crippen LogP contribution in [-0.2, 0) is 13.2 Å². The van der Waals surface area contributed by atoms with Crippen LogP contribution in [0.3, 0.4) is 0 Å². The van der Waals surface area contributed by atoms with Gasteiger partial charge in [-0.05, 0) is 53.5 Å². The summed E-state index contributed by atoms with van der Waals surface area (Å²) in [6.07, 6.45) is 1.94. The van der Waals surface area contributed by atoms with Crippen molar-refractivity contribution >= 4 is 15.9 Å². The Kier molecular flexibility index (Phi) is 5.25. The first-order chi connectivity index (χ1) is 10.0. The number of aliphatic hydroxyl groups excluding tert-OH is 1. The molecule has 2 rings (SSSR count). The van der Waals surface area contributed by atoms with Gasteiger partial charge in [0.1, 0.15) is 6.61 Å². The molecule has 0 aliphatic heterocycles. The first-order valence-electron chi connectivity index (χ1n) is 6.69. The summed E-state index contributed by atoms with van der Waals surface area (Å²) in [6.45, 7) is 4.46. The van der Waals surface area contributed by atoms with Crippen molar-refractivity contribution < 1.29 is 14.6 Å². The Balaban J connectivity index is 2.15. The highest BCUT2D eigenvalue weighted by molar-refractivity contribution is 9.10. The van der Waals surface area contributed by atoms with Gasteiger partial charge in [0.2, 0.25) is 0 Å². The summed E-state index contributed by atoms with van der Waals surface area (Å²) in [5.41, 5.74) is 1.61. The van der Waals surface area contributed by atoms with E-state index in [0.717, 1.165) is 15.7 Å². The van der Waals surface area contributed by atoms with Gasteiger partial charge >= 0.3 is 0 Å². The first-order valence-corrected chi connectivity index (χ1v) is 7.48. The van der Waals surface area contributed by atoms with Crippen LogP contribution in [0.2, 0.25) is 0 Å². The molecule has 0 radical (unpaired) electrons. The van der Waals surface area contributed by atoms with Crippen molar-refractivity contribution in [1.82, 2.24) is 9.78 Å². The summed E-state index contributed by atoms with van der Waals surface area (Å²) in [5, 5.41) is 13.6. The molecule has 1 aromatic heterocycles. The molecule has 6 heteroatoms. The zero-order chi connectivity index (χ0) is 15.4. The molecule has 2 aromatic rings. The fourth-order valence-electron chi connectivity index (χ4n) is 1.89. The second kappa shape index (κ2) is 6.95. The molecule has 1 N–H and O–H groups in total. The lowest BCUT2D eigenvalue weighted by Crippen LogP contribution is -2.04. The fraction of sp³-hybridized carbons (Fsp3) is 0.400. The van der Waals surface area contributed by atoms with Crippen LogP contribution in [-0.4, -0.2) is 22.0 Å². The monoisotopic (exact) mass is 354 g/mol. The molecule has 0 spiro atoms. The van der Waals surface area contributed by atoms with Crippen LogP contribution in [0.25, 0.3) is 0 Å². The van der Waals surface area contributed by atoms with Gasteiger partial charge in [-0.3, -0.25) is 4.68 Å². The highest BCUT2D eigenvalue weighted by atomic mass is 79.9. The molecule has 0 saturated carbocycles. The molecule has 0 saturated heterocycles. The number of aromatic nitrogens is 2. The lowest BCUT2D eigenvalue weighted by Gasteiger charge is -2.13. The molecule has 1 heterocycles. The Morgan fingerprint density at radius 1 is 1.38 bits per heavy atom. The SMILES string of the molecule is COc1cc(CO)cc(Br)c1OCc1ccn(C(C)C)n1. The van der Waals surface area contributed by atoms with Gasteiger partial charge in [-0.1, -0.05) is 0 Å². The maximum absolute atomic E-state index is 9.21. The quantitative estimate of drug-likeness (QED) is 0.864. The lowest BCUT2D eigenvalue weighted by molar-refractivity contribution is 0.270. The summed E-state index contributed by atoms with van der Waals surface area (Å²) in [6, 6.07) is 5.82. The molecule has 0 amide bonds. The molecule has 0 atom stereocenters. The Labute approximate surface area is 132 Å². The van der Waals surface area contributed by atoms with Crippen LogP contribution in [0.4, 0.5) is 0 Å². The molecule has 0 bridgehead atoms. The maximum atomic E-state index is 9.21. The van der Waals surface area contributed by atoms with E-state index in [4.69, 9.17) is 9.47 Å². The summed E-state index contributed by atoms with van der Waals surface area (Å²) < 4.78 is 13.8. The molecule has 0 aliphatic rings. The van der Waals surface area contributed by atoms with Gasteiger partial charge in [0.25, 0.3) is 0 Å². The standard InChI is InChI=1S/C15H19BrN2O3/c1-10(2)18-5-4-12(17-18)9-21-15-13(16)6-11(8-19)7-14(15)20-3/h4-7,10,19H,8-9H2,1-3H3. The average Bonchev–Trinajstić information content (AvgIpc) is 2.94. The number of rotatable bonds is 6. The first kappa shape index (κ1) is 15.9. The predicted octanol–water partition coefficient (Wildman–Crippen LogP) is 3.31. The molecule has 1 aromatic carbocycles. The maximum Gasteiger partial charge on any atom is 0.175 e. The van der Waals surface area contributed by atoms with E-state index in [0.29, 0.717) is 24.1 Å². The van der Waals surface area contributed by atoms with Gasteiger partial charge in [0.05, 0.1) is 23.9 Å². The number of methoxy groups -OCH3 is 1. The van der Waals surface area contributed by atoms with Crippen LogP contribution in [0.5, 0.6) is 11.5 Å². The minimum Gasteiger partial charge on any atom is -0.493 e. The van der Waals surface area contributed by atoms with Crippen molar-refractivity contribution in [2.75, 3.05) is 7.11 Å². The topological polar surface area (TPSA) is 56.5 Å². The number of nitrogens with zero attached hydrogens (tertiary/aromatic N) is 2. The van der Waals surface area contributed by atoms with E-state index in [-0.39, 0.29) is 6.61 Å². The van der Waals surface area contributed by atoms with Crippen molar-refractivity contribution in [3.05, 3.63) is 40.1 Å². The van der Waals surface area contributed by atoms with Crippen molar-refractivity contribution in [1.29, 1.82) is 0 Å². The van der Waals surface area contributed by atoms with Crippen LogP contribution in [0.1, 0.15) is 31.1 Å². The van der Waals surface area contributed by atoms with Crippen molar-refractivity contribution in [2.24, 2.45) is 0 Å². The lowest BCUT2D eigenvalue weighted by atomic mass is 10.2.